The lowest BCUT2D eigenvalue weighted by Gasteiger charge is -2.03. The summed E-state index contributed by atoms with van der Waals surface area (Å²) in [4.78, 5) is 26.2. The van der Waals surface area contributed by atoms with Crippen LogP contribution in [0.15, 0.2) is 41.0 Å². The number of nitrogens with one attached hydrogen (secondary N) is 3. The molecule has 0 saturated carbocycles. The van der Waals surface area contributed by atoms with Gasteiger partial charge < -0.3 is 14.5 Å². The normalized spacial score (nSPS) is 12.4. The van der Waals surface area contributed by atoms with Crippen LogP contribution in [0, 0.1) is 0 Å². The molecule has 1 aliphatic rings. The first kappa shape index (κ1) is 15.2. The van der Waals surface area contributed by atoms with Gasteiger partial charge in [0.05, 0.1) is 0 Å². The molecule has 3 N–H and O–H groups in total. The number of ether oxygens (including phenoxy) is 2. The van der Waals surface area contributed by atoms with Gasteiger partial charge in [-0.3, -0.25) is 20.4 Å². The fourth-order valence-electron chi connectivity index (χ4n) is 1.92. The van der Waals surface area contributed by atoms with Gasteiger partial charge in [0.25, 0.3) is 11.8 Å². The Kier molecular flexibility index (Phi) is 4.33. The molecule has 1 aromatic carbocycles. The highest BCUT2D eigenvalue weighted by molar-refractivity contribution is 9.10. The molecule has 23 heavy (non-hydrogen) atoms. The number of H-pyrrole nitrogens is 1. The number of amides is 2. The van der Waals surface area contributed by atoms with Crippen LogP contribution in [0.1, 0.15) is 16.1 Å². The van der Waals surface area contributed by atoms with Crippen LogP contribution in [0.4, 0.5) is 0 Å². The van der Waals surface area contributed by atoms with Crippen LogP contribution in [-0.4, -0.2) is 23.6 Å². The molecule has 0 unspecified atom stereocenters. The highest BCUT2D eigenvalue weighted by Crippen LogP contribution is 2.32. The number of carbonyl (C=O) groups excluding carboxylic acids is 2. The van der Waals surface area contributed by atoms with E-state index in [2.05, 4.69) is 31.8 Å². The summed E-state index contributed by atoms with van der Waals surface area (Å²) >= 11 is 3.22. The third-order valence-corrected chi connectivity index (χ3v) is 3.47. The Morgan fingerprint density at radius 3 is 2.78 bits per heavy atom. The van der Waals surface area contributed by atoms with Crippen molar-refractivity contribution < 1.29 is 19.1 Å². The van der Waals surface area contributed by atoms with Gasteiger partial charge in [-0.05, 0) is 45.8 Å². The topological polar surface area (TPSA) is 92.4 Å². The molecule has 8 heteroatoms. The summed E-state index contributed by atoms with van der Waals surface area (Å²) < 4.78 is 11.2. The molecule has 7 nitrogen and oxygen atoms in total. The fourth-order valence-corrected chi connectivity index (χ4v) is 2.26. The molecule has 3 rings (SSSR count). The lowest BCUT2D eigenvalue weighted by Crippen LogP contribution is -2.40. The molecule has 2 amide bonds. The minimum atomic E-state index is -0.457. The SMILES string of the molecule is O=C(/C=C/c1ccc2c(c1)OCO2)NNC(=O)c1cc(Br)c[nH]1. The molecular weight excluding hydrogens is 366 g/mol. The zero-order chi connectivity index (χ0) is 16.2. The molecule has 0 fully saturated rings. The smallest absolute Gasteiger partial charge is 0.286 e. The van der Waals surface area contributed by atoms with Crippen molar-refractivity contribution in [3.63, 3.8) is 0 Å². The highest BCUT2D eigenvalue weighted by atomic mass is 79.9. The van der Waals surface area contributed by atoms with Gasteiger partial charge in [0, 0.05) is 16.7 Å². The Hall–Kier alpha value is -2.74. The maximum Gasteiger partial charge on any atom is 0.286 e. The van der Waals surface area contributed by atoms with E-state index in [1.54, 1.807) is 36.5 Å². The summed E-state index contributed by atoms with van der Waals surface area (Å²) in [5.74, 6) is 0.413. The van der Waals surface area contributed by atoms with Crippen LogP contribution >= 0.6 is 15.9 Å². The molecule has 0 aliphatic carbocycles. The molecule has 118 valence electrons. The molecule has 0 saturated heterocycles. The standard InChI is InChI=1S/C15H12BrN3O4/c16-10-6-11(17-7-10)15(21)19-18-14(20)4-2-9-1-3-12-13(5-9)23-8-22-12/h1-7,17H,8H2,(H,18,20)(H,19,21)/b4-2+. The molecule has 2 heterocycles. The first-order valence-electron chi connectivity index (χ1n) is 6.64. The number of fused-ring (bicyclic) bond motifs is 1. The molecule has 2 aromatic rings. The van der Waals surface area contributed by atoms with E-state index < -0.39 is 11.8 Å². The first-order valence-corrected chi connectivity index (χ1v) is 7.43. The predicted octanol–water partition coefficient (Wildman–Crippen LogP) is 1.98. The van der Waals surface area contributed by atoms with Gasteiger partial charge in [0.1, 0.15) is 5.69 Å². The Balaban J connectivity index is 1.54. The minimum Gasteiger partial charge on any atom is -0.454 e. The zero-order valence-corrected chi connectivity index (χ0v) is 13.3. The Labute approximate surface area is 139 Å². The summed E-state index contributed by atoms with van der Waals surface area (Å²) in [7, 11) is 0. The van der Waals surface area contributed by atoms with Crippen molar-refractivity contribution in [1.82, 2.24) is 15.8 Å². The average Bonchev–Trinajstić information content (AvgIpc) is 3.18. The van der Waals surface area contributed by atoms with E-state index in [4.69, 9.17) is 9.47 Å². The summed E-state index contributed by atoms with van der Waals surface area (Å²) in [6, 6.07) is 6.93. The Morgan fingerprint density at radius 1 is 1.17 bits per heavy atom. The number of benzene rings is 1. The number of aromatic amines is 1. The van der Waals surface area contributed by atoms with E-state index in [9.17, 15) is 9.59 Å². The lowest BCUT2D eigenvalue weighted by molar-refractivity contribution is -0.117. The van der Waals surface area contributed by atoms with E-state index in [-0.39, 0.29) is 6.79 Å². The fraction of sp³-hybridized carbons (Fsp3) is 0.0667. The second-order valence-electron chi connectivity index (χ2n) is 4.62. The van der Waals surface area contributed by atoms with Gasteiger partial charge in [-0.1, -0.05) is 6.07 Å². The summed E-state index contributed by atoms with van der Waals surface area (Å²) in [6.45, 7) is 0.198. The van der Waals surface area contributed by atoms with Crippen LogP contribution in [0.3, 0.4) is 0 Å². The van der Waals surface area contributed by atoms with Gasteiger partial charge in [-0.15, -0.1) is 0 Å². The van der Waals surface area contributed by atoms with Gasteiger partial charge in [-0.2, -0.15) is 0 Å². The third-order valence-electron chi connectivity index (χ3n) is 3.02. The van der Waals surface area contributed by atoms with Crippen LogP contribution in [0.2, 0.25) is 0 Å². The van der Waals surface area contributed by atoms with Crippen LogP contribution < -0.4 is 20.3 Å². The number of halogens is 1. The Morgan fingerprint density at radius 2 is 2.00 bits per heavy atom. The second-order valence-corrected chi connectivity index (χ2v) is 5.54. The maximum atomic E-state index is 11.7. The lowest BCUT2D eigenvalue weighted by atomic mass is 10.2. The minimum absolute atomic E-state index is 0.198. The third kappa shape index (κ3) is 3.72. The van der Waals surface area contributed by atoms with Gasteiger partial charge >= 0.3 is 0 Å². The van der Waals surface area contributed by atoms with E-state index >= 15 is 0 Å². The molecule has 1 aromatic heterocycles. The van der Waals surface area contributed by atoms with Crippen molar-refractivity contribution in [3.05, 3.63) is 52.3 Å². The Bertz CT molecular complexity index is 785. The van der Waals surface area contributed by atoms with Gasteiger partial charge in [0.2, 0.25) is 6.79 Å². The second kappa shape index (κ2) is 6.57. The van der Waals surface area contributed by atoms with Crippen molar-refractivity contribution in [2.45, 2.75) is 0 Å². The van der Waals surface area contributed by atoms with E-state index in [1.807, 2.05) is 0 Å². The van der Waals surface area contributed by atoms with Crippen molar-refractivity contribution >= 4 is 33.8 Å². The number of hydrogen-bond acceptors (Lipinski definition) is 4. The van der Waals surface area contributed by atoms with Crippen LogP contribution in [0.5, 0.6) is 11.5 Å². The van der Waals surface area contributed by atoms with Gasteiger partial charge in [0.15, 0.2) is 11.5 Å². The van der Waals surface area contributed by atoms with Crippen LogP contribution in [0.25, 0.3) is 6.08 Å². The quantitative estimate of drug-likeness (QED) is 0.563. The van der Waals surface area contributed by atoms with Crippen molar-refractivity contribution in [2.24, 2.45) is 0 Å². The predicted molar refractivity (Wildman–Crippen MR) is 85.7 cm³/mol. The highest BCUT2D eigenvalue weighted by Gasteiger charge is 2.12. The van der Waals surface area contributed by atoms with Crippen molar-refractivity contribution in [3.8, 4) is 11.5 Å². The molecule has 0 spiro atoms. The maximum absolute atomic E-state index is 11.7. The van der Waals surface area contributed by atoms with Crippen molar-refractivity contribution in [2.75, 3.05) is 6.79 Å². The monoisotopic (exact) mass is 377 g/mol. The zero-order valence-electron chi connectivity index (χ0n) is 11.8. The molecule has 0 radical (unpaired) electrons. The average molecular weight is 378 g/mol. The first-order chi connectivity index (χ1) is 11.1. The van der Waals surface area contributed by atoms with E-state index in [1.165, 1.54) is 6.08 Å². The number of aromatic nitrogens is 1. The summed E-state index contributed by atoms with van der Waals surface area (Å²) in [6.07, 6.45) is 4.54. The molecule has 0 atom stereocenters. The van der Waals surface area contributed by atoms with E-state index in [0.29, 0.717) is 17.2 Å². The number of hydrogen-bond donors (Lipinski definition) is 3. The largest absolute Gasteiger partial charge is 0.454 e. The van der Waals surface area contributed by atoms with Crippen molar-refractivity contribution in [1.29, 1.82) is 0 Å². The summed E-state index contributed by atoms with van der Waals surface area (Å²) in [5.41, 5.74) is 5.71. The van der Waals surface area contributed by atoms with Crippen LogP contribution in [-0.2, 0) is 4.79 Å². The van der Waals surface area contributed by atoms with Gasteiger partial charge in [-0.25, -0.2) is 0 Å². The summed E-state index contributed by atoms with van der Waals surface area (Å²) in [5, 5.41) is 0. The molecule has 1 aliphatic heterocycles. The number of rotatable bonds is 3. The van der Waals surface area contributed by atoms with E-state index in [0.717, 1.165) is 10.0 Å². The molecular formula is C15H12BrN3O4. The molecule has 0 bridgehead atoms. The number of carbonyl (C=O) groups is 2. The number of hydrazine groups is 1.